The molecule has 40 heavy (non-hydrogen) atoms. The maximum absolute atomic E-state index is 13.6. The summed E-state index contributed by atoms with van der Waals surface area (Å²) in [5, 5.41) is 10.9. The normalized spacial score (nSPS) is 22.2. The number of piperazine rings is 1. The van der Waals surface area contributed by atoms with Crippen LogP contribution in [0.1, 0.15) is 69.5 Å². The highest BCUT2D eigenvalue weighted by molar-refractivity contribution is 7.89. The zero-order valence-corrected chi connectivity index (χ0v) is 24.2. The molecule has 0 amide bonds. The topological polar surface area (TPSA) is 131 Å². The number of rotatable bonds is 8. The van der Waals surface area contributed by atoms with Gasteiger partial charge in [0.05, 0.1) is 18.5 Å². The Kier molecular flexibility index (Phi) is 6.44. The zero-order chi connectivity index (χ0) is 28.6. The Balaban J connectivity index is 1.57. The highest BCUT2D eigenvalue weighted by Gasteiger charge is 2.43. The van der Waals surface area contributed by atoms with Crippen molar-refractivity contribution < 1.29 is 26.7 Å². The summed E-state index contributed by atoms with van der Waals surface area (Å²) in [4.78, 5) is 19.5. The predicted octanol–water partition coefficient (Wildman–Crippen LogP) is 3.23. The van der Waals surface area contributed by atoms with Crippen molar-refractivity contribution in [2.24, 2.45) is 0 Å². The summed E-state index contributed by atoms with van der Waals surface area (Å²) < 4.78 is 63.6. The number of hydrogen-bond acceptors (Lipinski definition) is 10. The van der Waals surface area contributed by atoms with E-state index in [1.807, 2.05) is 25.7 Å². The molecule has 15 heteroatoms. The summed E-state index contributed by atoms with van der Waals surface area (Å²) in [5.41, 5.74) is 1.08. The lowest BCUT2D eigenvalue weighted by atomic mass is 9.98. The van der Waals surface area contributed by atoms with Crippen LogP contribution in [0.3, 0.4) is 0 Å². The van der Waals surface area contributed by atoms with Gasteiger partial charge < -0.3 is 9.64 Å². The van der Waals surface area contributed by atoms with E-state index in [-0.39, 0.29) is 22.4 Å². The second kappa shape index (κ2) is 9.39. The summed E-state index contributed by atoms with van der Waals surface area (Å²) in [7, 11) is -2.64. The van der Waals surface area contributed by atoms with Crippen molar-refractivity contribution >= 4 is 38.7 Å². The molecular weight excluding hydrogens is 564 g/mol. The summed E-state index contributed by atoms with van der Waals surface area (Å²) in [6.07, 6.45) is 1.93. The van der Waals surface area contributed by atoms with E-state index in [4.69, 9.17) is 9.72 Å². The number of sulfonamides is 1. The molecule has 4 heterocycles. The Morgan fingerprint density at radius 3 is 2.58 bits per heavy atom. The number of nitrogens with zero attached hydrogens (tertiary/aromatic N) is 5. The number of carbonyl (C=O) groups excluding carboxylic acids is 1. The van der Waals surface area contributed by atoms with E-state index < -0.39 is 44.5 Å². The number of esters is 1. The Labute approximate surface area is 234 Å². The zero-order valence-electron chi connectivity index (χ0n) is 22.6. The molecule has 0 radical (unpaired) electrons. The van der Waals surface area contributed by atoms with Crippen molar-refractivity contribution in [3.8, 4) is 10.7 Å². The van der Waals surface area contributed by atoms with Crippen LogP contribution in [-0.4, -0.2) is 71.3 Å². The van der Waals surface area contributed by atoms with E-state index in [1.54, 1.807) is 10.5 Å². The lowest BCUT2D eigenvalue weighted by Crippen LogP contribution is -2.64. The smallest absolute Gasteiger partial charge is 0.324 e. The molecule has 3 fully saturated rings. The van der Waals surface area contributed by atoms with Crippen molar-refractivity contribution in [1.82, 2.24) is 29.6 Å². The van der Waals surface area contributed by atoms with Crippen molar-refractivity contribution in [2.75, 3.05) is 25.1 Å². The minimum atomic E-state index is -3.96. The molecule has 3 aromatic rings. The molecule has 2 aliphatic carbocycles. The number of nitrogens with one attached hydrogen (secondary N) is 2. The number of methoxy groups -OCH3 is 1. The van der Waals surface area contributed by atoms with Crippen LogP contribution >= 0.6 is 11.3 Å². The highest BCUT2D eigenvalue weighted by atomic mass is 32.2. The van der Waals surface area contributed by atoms with Crippen molar-refractivity contribution in [2.45, 2.75) is 80.8 Å². The van der Waals surface area contributed by atoms with Crippen LogP contribution in [0.15, 0.2) is 17.2 Å². The number of fused-ring (bicyclic) bond motifs is 1. The van der Waals surface area contributed by atoms with Crippen LogP contribution in [0.5, 0.6) is 0 Å². The van der Waals surface area contributed by atoms with E-state index >= 15 is 0 Å². The van der Waals surface area contributed by atoms with E-state index in [0.29, 0.717) is 29.3 Å². The molecule has 3 aliphatic rings. The number of pyridine rings is 1. The quantitative estimate of drug-likeness (QED) is 0.377. The Morgan fingerprint density at radius 1 is 1.25 bits per heavy atom. The van der Waals surface area contributed by atoms with Crippen molar-refractivity contribution in [1.29, 1.82) is 0 Å². The molecule has 0 bridgehead atoms. The molecule has 216 valence electrons. The molecule has 1 atom stereocenters. The third-order valence-corrected chi connectivity index (χ3v) is 10.1. The number of ether oxygens (including phenoxy) is 1. The summed E-state index contributed by atoms with van der Waals surface area (Å²) >= 11 is 0.772. The van der Waals surface area contributed by atoms with Gasteiger partial charge in [-0.15, -0.1) is 10.2 Å². The SMILES string of the molecule is COC(=O)[C@@H]1CN(c2cc(S(=O)(=O)NC3(C)CC3)cn3c(-c4nnc(C(F)F)s4)c(C4CC4)nc23)CC(C)(C)N1. The van der Waals surface area contributed by atoms with E-state index in [9.17, 15) is 22.0 Å². The molecule has 0 aromatic carbocycles. The van der Waals surface area contributed by atoms with Gasteiger partial charge in [-0.3, -0.25) is 14.5 Å². The van der Waals surface area contributed by atoms with Gasteiger partial charge in [0.1, 0.15) is 16.6 Å². The average Bonchev–Trinajstić information content (AvgIpc) is 3.76. The van der Waals surface area contributed by atoms with Gasteiger partial charge in [-0.1, -0.05) is 11.3 Å². The van der Waals surface area contributed by atoms with E-state index in [0.717, 1.165) is 37.0 Å². The number of imidazole rings is 1. The fourth-order valence-corrected chi connectivity index (χ4v) is 7.46. The van der Waals surface area contributed by atoms with Crippen LogP contribution in [0.4, 0.5) is 14.5 Å². The minimum absolute atomic E-state index is 0.00803. The molecule has 2 N–H and O–H groups in total. The fourth-order valence-electron chi connectivity index (χ4n) is 5.23. The first kappa shape index (κ1) is 27.4. The molecule has 0 spiro atoms. The molecule has 11 nitrogen and oxygen atoms in total. The van der Waals surface area contributed by atoms with Crippen LogP contribution in [0.2, 0.25) is 0 Å². The van der Waals surface area contributed by atoms with Crippen molar-refractivity contribution in [3.05, 3.63) is 23.0 Å². The minimum Gasteiger partial charge on any atom is -0.468 e. The molecule has 1 saturated heterocycles. The van der Waals surface area contributed by atoms with E-state index in [1.165, 1.54) is 13.3 Å². The lowest BCUT2D eigenvalue weighted by molar-refractivity contribution is -0.143. The Hall–Kier alpha value is -2.75. The van der Waals surface area contributed by atoms with Gasteiger partial charge >= 0.3 is 5.97 Å². The van der Waals surface area contributed by atoms with Crippen LogP contribution in [0, 0.1) is 0 Å². The van der Waals surface area contributed by atoms with Gasteiger partial charge in [0, 0.05) is 36.3 Å². The van der Waals surface area contributed by atoms with Crippen LogP contribution < -0.4 is 14.9 Å². The fraction of sp³-hybridized carbons (Fsp3) is 0.600. The summed E-state index contributed by atoms with van der Waals surface area (Å²) in [5.74, 6) is -0.329. The first-order valence-electron chi connectivity index (χ1n) is 13.1. The van der Waals surface area contributed by atoms with Crippen LogP contribution in [-0.2, 0) is 19.6 Å². The number of alkyl halides is 2. The summed E-state index contributed by atoms with van der Waals surface area (Å²) in [6, 6.07) is 0.920. The van der Waals surface area contributed by atoms with Gasteiger partial charge in [-0.2, -0.15) is 0 Å². The largest absolute Gasteiger partial charge is 0.468 e. The number of aromatic nitrogens is 4. The standard InChI is InChI=1S/C25H31F2N7O4S2/c1-24(2)12-33(11-15(29-24)23(35)38-4)16-9-14(40(36,37)32-25(3)7-8-25)10-34-18(17(13-5-6-13)28-20(16)34)21-30-31-22(39-21)19(26)27/h9-10,13,15,19,29,32H,5-8,11-12H2,1-4H3/t15-/m0/s1. The lowest BCUT2D eigenvalue weighted by Gasteiger charge is -2.43. The second-order valence-corrected chi connectivity index (χ2v) is 14.5. The predicted molar refractivity (Wildman–Crippen MR) is 144 cm³/mol. The number of hydrogen-bond donors (Lipinski definition) is 2. The molecule has 0 unspecified atom stereocenters. The Morgan fingerprint density at radius 2 is 1.98 bits per heavy atom. The van der Waals surface area contributed by atoms with Crippen molar-refractivity contribution in [3.63, 3.8) is 0 Å². The highest BCUT2D eigenvalue weighted by Crippen LogP contribution is 2.46. The third kappa shape index (κ3) is 5.08. The number of anilines is 1. The third-order valence-electron chi connectivity index (χ3n) is 7.57. The molecule has 1 aliphatic heterocycles. The first-order valence-corrected chi connectivity index (χ1v) is 15.4. The monoisotopic (exact) mass is 595 g/mol. The molecular formula is C25H31F2N7O4S2. The first-order chi connectivity index (χ1) is 18.8. The number of halogens is 2. The number of carbonyl (C=O) groups is 1. The van der Waals surface area contributed by atoms with Gasteiger partial charge in [-0.05, 0) is 52.5 Å². The van der Waals surface area contributed by atoms with Crippen LogP contribution in [0.25, 0.3) is 16.3 Å². The summed E-state index contributed by atoms with van der Waals surface area (Å²) in [6.45, 7) is 6.41. The second-order valence-electron chi connectivity index (χ2n) is 11.8. The molecule has 2 saturated carbocycles. The Bertz CT molecular complexity index is 1600. The average molecular weight is 596 g/mol. The van der Waals surface area contributed by atoms with Gasteiger partial charge in [0.25, 0.3) is 6.43 Å². The molecule has 6 rings (SSSR count). The van der Waals surface area contributed by atoms with Gasteiger partial charge in [-0.25, -0.2) is 26.9 Å². The maximum Gasteiger partial charge on any atom is 0.324 e. The molecule has 3 aromatic heterocycles. The van der Waals surface area contributed by atoms with E-state index in [2.05, 4.69) is 20.2 Å². The van der Waals surface area contributed by atoms with Gasteiger partial charge in [0.2, 0.25) is 10.0 Å². The maximum atomic E-state index is 13.6. The van der Waals surface area contributed by atoms with Gasteiger partial charge in [0.15, 0.2) is 15.7 Å².